The molecule has 324 valence electrons. The number of anilines is 4. The van der Waals surface area contributed by atoms with E-state index in [1.165, 1.54) is 163 Å². The third kappa shape index (κ3) is 5.33. The van der Waals surface area contributed by atoms with Gasteiger partial charge in [0.1, 0.15) is 0 Å². The number of para-hydroxylation sites is 2. The molecule has 2 fully saturated rings. The Morgan fingerprint density at radius 2 is 0.642 bits per heavy atom. The first-order chi connectivity index (χ1) is 33.0. The van der Waals surface area contributed by atoms with E-state index in [9.17, 15) is 0 Å². The first-order valence-electron chi connectivity index (χ1n) is 24.8. The standard InChI is InChI=1S/C65H54N2/c1-66-59-21-9-7-19-53(59)63(35-11-12-36-63)55-33-29-45(41-61(55)66)25-23-43-27-31-49-50-32-28-44(40-58(50)65(57(49)39-43)51-17-5-3-15-47(51)48-16-4-6-18-52(48)65)24-26-46-30-34-56-62(42-46)67(2)60-22-10-8-20-54(60)64(56)37-13-14-38-64/h3-10,15-34,39-42H,11-14,35-38H2,1-2H3/b25-23+,26-24+. The van der Waals surface area contributed by atoms with Crippen molar-refractivity contribution in [3.05, 3.63) is 237 Å². The molecular weight excluding hydrogens is 809 g/mol. The summed E-state index contributed by atoms with van der Waals surface area (Å²) >= 11 is 0. The molecule has 14 rings (SSSR count). The molecule has 2 heteroatoms. The average molecular weight is 863 g/mol. The van der Waals surface area contributed by atoms with Crippen LogP contribution in [0.3, 0.4) is 0 Å². The van der Waals surface area contributed by atoms with Crippen LogP contribution in [0, 0.1) is 0 Å². The fourth-order valence-corrected chi connectivity index (χ4v) is 14.4. The molecule has 0 unspecified atom stereocenters. The Morgan fingerprint density at radius 3 is 1.07 bits per heavy atom. The van der Waals surface area contributed by atoms with Gasteiger partial charge in [-0.3, -0.25) is 0 Å². The van der Waals surface area contributed by atoms with Gasteiger partial charge in [0.05, 0.1) is 5.41 Å². The number of rotatable bonds is 4. The monoisotopic (exact) mass is 862 g/mol. The van der Waals surface area contributed by atoms with Crippen molar-refractivity contribution in [1.82, 2.24) is 0 Å². The molecule has 0 amide bonds. The van der Waals surface area contributed by atoms with Crippen molar-refractivity contribution >= 4 is 47.1 Å². The lowest BCUT2D eigenvalue weighted by Crippen LogP contribution is -2.33. The van der Waals surface area contributed by atoms with E-state index in [1.54, 1.807) is 0 Å². The number of nitrogens with zero attached hydrogens (tertiary/aromatic N) is 2. The van der Waals surface area contributed by atoms with Gasteiger partial charge in [0, 0.05) is 47.7 Å². The predicted molar refractivity (Wildman–Crippen MR) is 281 cm³/mol. The van der Waals surface area contributed by atoms with Gasteiger partial charge >= 0.3 is 0 Å². The molecular formula is C65H54N2. The normalized spacial score (nSPS) is 18.0. The Morgan fingerprint density at radius 1 is 0.313 bits per heavy atom. The maximum absolute atomic E-state index is 2.49. The van der Waals surface area contributed by atoms with E-state index in [0.29, 0.717) is 0 Å². The second-order valence-corrected chi connectivity index (χ2v) is 20.4. The molecule has 0 saturated heterocycles. The van der Waals surface area contributed by atoms with Crippen molar-refractivity contribution in [3.8, 4) is 22.3 Å². The van der Waals surface area contributed by atoms with Crippen molar-refractivity contribution < 1.29 is 0 Å². The largest absolute Gasteiger partial charge is 0.344 e. The lowest BCUT2D eigenvalue weighted by atomic mass is 9.69. The third-order valence-corrected chi connectivity index (χ3v) is 17.3. The average Bonchev–Trinajstić information content (AvgIpc) is 4.19. The molecule has 0 atom stereocenters. The van der Waals surface area contributed by atoms with Gasteiger partial charge in [-0.1, -0.05) is 183 Å². The molecule has 8 aromatic rings. The molecule has 2 nitrogen and oxygen atoms in total. The molecule has 4 aliphatic carbocycles. The highest BCUT2D eigenvalue weighted by molar-refractivity contribution is 5.96. The second-order valence-electron chi connectivity index (χ2n) is 20.4. The minimum absolute atomic E-state index is 0.123. The fraction of sp³-hybridized carbons (Fsp3) is 0.200. The molecule has 0 bridgehead atoms. The Kier molecular flexibility index (Phi) is 8.40. The first-order valence-corrected chi connectivity index (χ1v) is 24.8. The van der Waals surface area contributed by atoms with Crippen LogP contribution in [-0.2, 0) is 16.2 Å². The summed E-state index contributed by atoms with van der Waals surface area (Å²) in [4.78, 5) is 4.85. The van der Waals surface area contributed by atoms with Crippen molar-refractivity contribution in [3.63, 3.8) is 0 Å². The van der Waals surface area contributed by atoms with Crippen LogP contribution in [0.25, 0.3) is 46.6 Å². The summed E-state index contributed by atoms with van der Waals surface area (Å²) < 4.78 is 0. The van der Waals surface area contributed by atoms with Gasteiger partial charge in [0.2, 0.25) is 0 Å². The Balaban J connectivity index is 0.853. The van der Waals surface area contributed by atoms with Crippen LogP contribution in [0.2, 0.25) is 0 Å². The zero-order valence-electron chi connectivity index (χ0n) is 38.5. The van der Waals surface area contributed by atoms with Gasteiger partial charge in [0.25, 0.3) is 0 Å². The topological polar surface area (TPSA) is 6.48 Å². The molecule has 2 saturated carbocycles. The zero-order valence-corrected chi connectivity index (χ0v) is 38.5. The Hall–Kier alpha value is -7.16. The highest BCUT2D eigenvalue weighted by atomic mass is 15.1. The summed E-state index contributed by atoms with van der Waals surface area (Å²) in [6.07, 6.45) is 19.4. The van der Waals surface area contributed by atoms with Crippen LogP contribution in [0.5, 0.6) is 0 Å². The van der Waals surface area contributed by atoms with Gasteiger partial charge in [-0.2, -0.15) is 0 Å². The summed E-state index contributed by atoms with van der Waals surface area (Å²) in [5.74, 6) is 0. The van der Waals surface area contributed by atoms with Crippen molar-refractivity contribution in [2.45, 2.75) is 67.6 Å². The maximum atomic E-state index is 2.49. The van der Waals surface area contributed by atoms with E-state index < -0.39 is 5.41 Å². The van der Waals surface area contributed by atoms with Crippen LogP contribution in [0.1, 0.15) is 118 Å². The molecule has 2 aliphatic heterocycles. The predicted octanol–water partition coefficient (Wildman–Crippen LogP) is 16.3. The van der Waals surface area contributed by atoms with Crippen molar-refractivity contribution in [2.24, 2.45) is 0 Å². The highest BCUT2D eigenvalue weighted by Crippen LogP contribution is 2.63. The molecule has 2 heterocycles. The van der Waals surface area contributed by atoms with Gasteiger partial charge in [-0.15, -0.1) is 0 Å². The first kappa shape index (κ1) is 39.0. The quantitative estimate of drug-likeness (QED) is 0.163. The zero-order chi connectivity index (χ0) is 44.5. The van der Waals surface area contributed by atoms with Crippen LogP contribution in [0.4, 0.5) is 22.7 Å². The lowest BCUT2D eigenvalue weighted by molar-refractivity contribution is 0.528. The molecule has 0 aromatic heterocycles. The number of fused-ring (bicyclic) bond motifs is 18. The summed E-state index contributed by atoms with van der Waals surface area (Å²) in [7, 11) is 4.50. The molecule has 0 radical (unpaired) electrons. The highest BCUT2D eigenvalue weighted by Gasteiger charge is 2.52. The van der Waals surface area contributed by atoms with Gasteiger partial charge in [-0.05, 0) is 151 Å². The van der Waals surface area contributed by atoms with Crippen LogP contribution in [-0.4, -0.2) is 14.1 Å². The summed E-state index contributed by atoms with van der Waals surface area (Å²) in [6.45, 7) is 0. The van der Waals surface area contributed by atoms with E-state index in [-0.39, 0.29) is 10.8 Å². The van der Waals surface area contributed by atoms with E-state index in [4.69, 9.17) is 0 Å². The smallest absolute Gasteiger partial charge is 0.0725 e. The molecule has 8 aromatic carbocycles. The van der Waals surface area contributed by atoms with E-state index in [1.807, 2.05) is 0 Å². The van der Waals surface area contributed by atoms with Crippen LogP contribution < -0.4 is 9.80 Å². The summed E-state index contributed by atoms with van der Waals surface area (Å²) in [6, 6.07) is 65.4. The summed E-state index contributed by atoms with van der Waals surface area (Å²) in [5.41, 5.74) is 26.9. The Bertz CT molecular complexity index is 3190. The van der Waals surface area contributed by atoms with Gasteiger partial charge in [-0.25, -0.2) is 0 Å². The van der Waals surface area contributed by atoms with E-state index in [0.717, 1.165) is 0 Å². The fourth-order valence-electron chi connectivity index (χ4n) is 14.4. The lowest BCUT2D eigenvalue weighted by Gasteiger charge is -2.42. The SMILES string of the molecule is CN1c2ccccc2C2(CCCC2)c2ccc(/C=C/c3ccc4c(c3)C3(c5ccccc5-c5ccccc53)c3cc(/C=C/c5ccc6c(c5)N(C)c5ccccc5C65CCCC5)ccc3-4)cc21. The molecule has 6 aliphatic rings. The van der Waals surface area contributed by atoms with Crippen molar-refractivity contribution in [1.29, 1.82) is 0 Å². The second kappa shape index (κ2) is 14.4. The summed E-state index contributed by atoms with van der Waals surface area (Å²) in [5, 5.41) is 0. The number of hydrogen-bond donors (Lipinski definition) is 0. The van der Waals surface area contributed by atoms with Crippen LogP contribution in [0.15, 0.2) is 170 Å². The van der Waals surface area contributed by atoms with E-state index >= 15 is 0 Å². The van der Waals surface area contributed by atoms with Gasteiger partial charge < -0.3 is 9.80 Å². The van der Waals surface area contributed by atoms with Gasteiger partial charge in [0.15, 0.2) is 0 Å². The van der Waals surface area contributed by atoms with Crippen LogP contribution >= 0.6 is 0 Å². The Labute approximate surface area is 395 Å². The minimum Gasteiger partial charge on any atom is -0.344 e. The number of hydrogen-bond acceptors (Lipinski definition) is 2. The van der Waals surface area contributed by atoms with Crippen molar-refractivity contribution in [2.75, 3.05) is 23.9 Å². The third-order valence-electron chi connectivity index (χ3n) is 17.3. The number of benzene rings is 8. The molecule has 3 spiro atoms. The van der Waals surface area contributed by atoms with E-state index in [2.05, 4.69) is 218 Å². The molecule has 67 heavy (non-hydrogen) atoms. The molecule has 0 N–H and O–H groups in total. The minimum atomic E-state index is -0.430. The maximum Gasteiger partial charge on any atom is 0.0725 e.